The average Bonchev–Trinajstić information content (AvgIpc) is 3.69. The molecule has 0 unspecified atom stereocenters. The van der Waals surface area contributed by atoms with E-state index in [1.54, 1.807) is 27.2 Å². The number of methoxy groups -OCH3 is 2. The number of hydrogen-bond donors (Lipinski definition) is 0. The smallest absolute Gasteiger partial charge is 0.228 e. The predicted molar refractivity (Wildman–Crippen MR) is 217 cm³/mol. The first-order chi connectivity index (χ1) is 27.8. The van der Waals surface area contributed by atoms with Crippen molar-refractivity contribution in [3.63, 3.8) is 0 Å². The first-order valence-corrected chi connectivity index (χ1v) is 19.5. The number of carbonyl (C=O) groups excluding carboxylic acids is 1. The van der Waals surface area contributed by atoms with Crippen molar-refractivity contribution in [1.29, 1.82) is 0 Å². The van der Waals surface area contributed by atoms with Gasteiger partial charge in [-0.1, -0.05) is 30.3 Å². The van der Waals surface area contributed by atoms with Gasteiger partial charge in [-0.2, -0.15) is 4.98 Å². The van der Waals surface area contributed by atoms with E-state index in [9.17, 15) is 4.79 Å². The van der Waals surface area contributed by atoms with E-state index in [0.29, 0.717) is 95.4 Å². The molecule has 3 aliphatic heterocycles. The lowest BCUT2D eigenvalue weighted by Gasteiger charge is -2.34. The molecule has 3 aliphatic rings. The number of benzene rings is 3. The molecule has 0 radical (unpaired) electrons. The monoisotopic (exact) mass is 773 g/mol. The van der Waals surface area contributed by atoms with E-state index >= 15 is 4.39 Å². The third-order valence-electron chi connectivity index (χ3n) is 10.9. The molecular weight excluding hydrogens is 726 g/mol. The highest BCUT2D eigenvalue weighted by Crippen LogP contribution is 2.40. The van der Waals surface area contributed by atoms with Gasteiger partial charge in [-0.15, -0.1) is 0 Å². The van der Waals surface area contributed by atoms with Gasteiger partial charge in [0.2, 0.25) is 17.8 Å². The number of aromatic nitrogens is 4. The molecule has 0 aliphatic carbocycles. The quantitative estimate of drug-likeness (QED) is 0.160. The van der Waals surface area contributed by atoms with Crippen LogP contribution in [0.25, 0.3) is 11.3 Å². The van der Waals surface area contributed by atoms with E-state index in [1.807, 2.05) is 82.9 Å². The van der Waals surface area contributed by atoms with Gasteiger partial charge in [-0.3, -0.25) is 9.69 Å². The summed E-state index contributed by atoms with van der Waals surface area (Å²) in [6.07, 6.45) is 4.30. The number of rotatable bonds is 12. The van der Waals surface area contributed by atoms with Crippen molar-refractivity contribution >= 4 is 29.3 Å². The Balaban J connectivity index is 1.10. The molecule has 296 valence electrons. The maximum atomic E-state index is 15.8. The Morgan fingerprint density at radius 1 is 0.789 bits per heavy atom. The zero-order valence-corrected chi connectivity index (χ0v) is 32.7. The van der Waals surface area contributed by atoms with Crippen LogP contribution in [0, 0.1) is 5.82 Å². The maximum absolute atomic E-state index is 15.8. The molecule has 0 saturated carbocycles. The summed E-state index contributed by atoms with van der Waals surface area (Å²) in [6, 6.07) is 21.4. The Morgan fingerprint density at radius 3 is 2.00 bits per heavy atom. The van der Waals surface area contributed by atoms with E-state index in [-0.39, 0.29) is 11.7 Å². The van der Waals surface area contributed by atoms with Gasteiger partial charge in [0.05, 0.1) is 38.8 Å². The maximum Gasteiger partial charge on any atom is 0.228 e. The highest BCUT2D eigenvalue weighted by Gasteiger charge is 2.31. The third kappa shape index (κ3) is 8.61. The van der Waals surface area contributed by atoms with Crippen LogP contribution in [-0.2, 0) is 35.6 Å². The highest BCUT2D eigenvalue weighted by atomic mass is 19.1. The van der Waals surface area contributed by atoms with Gasteiger partial charge in [0.25, 0.3) is 0 Å². The number of fused-ring (bicyclic) bond motifs is 1. The molecule has 0 N–H and O–H groups in total. The minimum atomic E-state index is -0.303. The summed E-state index contributed by atoms with van der Waals surface area (Å²) < 4.78 is 32.2. The van der Waals surface area contributed by atoms with Gasteiger partial charge in [0.1, 0.15) is 23.1 Å². The Hall–Kier alpha value is -5.86. The Bertz CT molecular complexity index is 2110. The zero-order valence-electron chi connectivity index (χ0n) is 32.7. The fraction of sp³-hybridized carbons (Fsp3) is 0.372. The molecule has 1 amide bonds. The molecule has 2 saturated heterocycles. The third-order valence-corrected chi connectivity index (χ3v) is 10.9. The normalized spacial score (nSPS) is 15.8. The van der Waals surface area contributed by atoms with Crippen LogP contribution in [0.4, 0.5) is 27.8 Å². The highest BCUT2D eigenvalue weighted by molar-refractivity contribution is 5.77. The predicted octanol–water partition coefficient (Wildman–Crippen LogP) is 5.49. The van der Waals surface area contributed by atoms with E-state index in [1.165, 1.54) is 0 Å². The van der Waals surface area contributed by atoms with Crippen LogP contribution in [0.1, 0.15) is 29.2 Å². The van der Waals surface area contributed by atoms with Gasteiger partial charge in [-0.25, -0.2) is 19.3 Å². The molecule has 5 aromatic rings. The second-order valence-corrected chi connectivity index (χ2v) is 14.6. The average molecular weight is 774 g/mol. The number of morpholine rings is 1. The first kappa shape index (κ1) is 38.0. The summed E-state index contributed by atoms with van der Waals surface area (Å²) in [6.45, 7) is 9.40. The van der Waals surface area contributed by atoms with Crippen molar-refractivity contribution in [2.75, 3.05) is 87.9 Å². The minimum absolute atomic E-state index is 0.100. The summed E-state index contributed by atoms with van der Waals surface area (Å²) in [5, 5.41) is 0. The number of nitrogens with zero attached hydrogens (tertiary/aromatic N) is 9. The fourth-order valence-electron chi connectivity index (χ4n) is 7.67. The van der Waals surface area contributed by atoms with Crippen molar-refractivity contribution < 1.29 is 23.4 Å². The summed E-state index contributed by atoms with van der Waals surface area (Å²) in [5.74, 6) is 3.23. The molecule has 57 heavy (non-hydrogen) atoms. The van der Waals surface area contributed by atoms with E-state index in [4.69, 9.17) is 34.1 Å². The Morgan fingerprint density at radius 2 is 1.40 bits per heavy atom. The Kier molecular flexibility index (Phi) is 11.4. The van der Waals surface area contributed by atoms with Gasteiger partial charge < -0.3 is 33.8 Å². The lowest BCUT2D eigenvalue weighted by atomic mass is 10.1. The molecule has 8 rings (SSSR count). The molecule has 0 atom stereocenters. The van der Waals surface area contributed by atoms with Crippen LogP contribution in [-0.4, -0.2) is 109 Å². The van der Waals surface area contributed by atoms with Crippen molar-refractivity contribution in [2.45, 2.75) is 33.0 Å². The molecule has 5 heterocycles. The van der Waals surface area contributed by atoms with Gasteiger partial charge >= 0.3 is 0 Å². The Labute approximate surface area is 332 Å². The number of halogens is 1. The van der Waals surface area contributed by atoms with Gasteiger partial charge in [0.15, 0.2) is 0 Å². The van der Waals surface area contributed by atoms with Crippen LogP contribution >= 0.6 is 0 Å². The zero-order chi connectivity index (χ0) is 39.3. The fourth-order valence-corrected chi connectivity index (χ4v) is 7.67. The molecule has 14 heteroatoms. The van der Waals surface area contributed by atoms with E-state index in [2.05, 4.69) is 14.7 Å². The van der Waals surface area contributed by atoms with Crippen LogP contribution in [0.15, 0.2) is 79.1 Å². The number of ether oxygens (including phenoxy) is 3. The van der Waals surface area contributed by atoms with Crippen molar-refractivity contribution in [3.8, 4) is 22.8 Å². The van der Waals surface area contributed by atoms with Crippen molar-refractivity contribution in [3.05, 3.63) is 107 Å². The SMILES string of the molecule is COc1ccc(CN(Cc2ccc(OC)cc2)c2ncc(-c3nc(N4CCOCC4)nc4c3CCN4c3cc(CN4CCN(C(C)=O)CC4)ccc3F)cn2)cc1. The minimum Gasteiger partial charge on any atom is -0.497 e. The largest absolute Gasteiger partial charge is 0.497 e. The summed E-state index contributed by atoms with van der Waals surface area (Å²) in [4.78, 5) is 42.4. The van der Waals surface area contributed by atoms with E-state index in [0.717, 1.165) is 58.1 Å². The van der Waals surface area contributed by atoms with Crippen LogP contribution in [0.5, 0.6) is 11.5 Å². The lowest BCUT2D eigenvalue weighted by molar-refractivity contribution is -0.130. The second-order valence-electron chi connectivity index (χ2n) is 14.6. The topological polar surface area (TPSA) is 113 Å². The lowest BCUT2D eigenvalue weighted by Crippen LogP contribution is -2.47. The molecule has 0 spiro atoms. The van der Waals surface area contributed by atoms with Crippen LogP contribution < -0.4 is 24.2 Å². The standard InChI is InChI=1S/C43H48FN9O4/c1-30(54)50-18-16-49(17-19-50)27-33-8-13-38(44)39(24-33)53-15-14-37-40(47-43(48-41(37)53)51-20-22-57-23-21-51)34-25-45-42(46-26-34)52(28-31-4-9-35(55-2)10-5-31)29-32-6-11-36(56-3)12-7-32/h4-13,24-26H,14-23,27-29H2,1-3H3. The summed E-state index contributed by atoms with van der Waals surface area (Å²) >= 11 is 0. The first-order valence-electron chi connectivity index (χ1n) is 19.5. The van der Waals surface area contributed by atoms with Gasteiger partial charge in [-0.05, 0) is 59.5 Å². The molecule has 3 aromatic carbocycles. The summed E-state index contributed by atoms with van der Waals surface area (Å²) in [5.41, 5.74) is 6.12. The molecule has 2 fully saturated rings. The van der Waals surface area contributed by atoms with Gasteiger partial charge in [0, 0.05) is 95.9 Å². The van der Waals surface area contributed by atoms with Crippen LogP contribution in [0.3, 0.4) is 0 Å². The number of anilines is 4. The number of carbonyl (C=O) groups is 1. The number of amides is 1. The van der Waals surface area contributed by atoms with E-state index < -0.39 is 0 Å². The number of hydrogen-bond acceptors (Lipinski definition) is 12. The molecule has 13 nitrogen and oxygen atoms in total. The van der Waals surface area contributed by atoms with Crippen molar-refractivity contribution in [1.82, 2.24) is 29.7 Å². The second kappa shape index (κ2) is 17.1. The summed E-state index contributed by atoms with van der Waals surface area (Å²) in [7, 11) is 3.32. The number of piperazine rings is 1. The van der Waals surface area contributed by atoms with Crippen molar-refractivity contribution in [2.24, 2.45) is 0 Å². The molecule has 0 bridgehead atoms. The molecule has 2 aromatic heterocycles. The molecular formula is C43H48FN9O4. The van der Waals surface area contributed by atoms with Crippen LogP contribution in [0.2, 0.25) is 0 Å².